The molecule has 3 saturated heterocycles. The van der Waals surface area contributed by atoms with Crippen molar-refractivity contribution in [2.75, 3.05) is 24.7 Å². The van der Waals surface area contributed by atoms with Gasteiger partial charge in [-0.25, -0.2) is 24.5 Å². The van der Waals surface area contributed by atoms with Crippen LogP contribution in [0.3, 0.4) is 0 Å². The van der Waals surface area contributed by atoms with E-state index in [0.29, 0.717) is 0 Å². The molecule has 0 spiro atoms. The number of imidazole rings is 2. The molecule has 10 atom stereocenters. The van der Waals surface area contributed by atoms with Gasteiger partial charge in [0.2, 0.25) is 5.95 Å². The molecule has 3 unspecified atom stereocenters. The predicted molar refractivity (Wildman–Crippen MR) is 148 cm³/mol. The van der Waals surface area contributed by atoms with E-state index >= 15 is 0 Å². The van der Waals surface area contributed by atoms with Gasteiger partial charge in [0, 0.05) is 0 Å². The highest BCUT2D eigenvalue weighted by Crippen LogP contribution is 2.52. The number of anilines is 2. The van der Waals surface area contributed by atoms with Crippen molar-refractivity contribution in [2.45, 2.75) is 49.1 Å². The second kappa shape index (κ2) is 11.1. The van der Waals surface area contributed by atoms with Crippen molar-refractivity contribution in [1.82, 2.24) is 39.0 Å². The molecule has 0 aromatic carbocycles. The van der Waals surface area contributed by atoms with Crippen LogP contribution in [0.2, 0.25) is 0 Å². The van der Waals surface area contributed by atoms with Gasteiger partial charge in [-0.05, 0) is 0 Å². The standard InChI is InChI=1S/C20H24N10O12P2S/c21-14-8-15(24-3-23-14)29(4-25-8)18-10(31)12-7(40-18)2-38-44(36,45)42-13-6(1-37-43(34,35)41-12)39-19(11(13)32)30-5-26-9-16(30)27-20(22)28-17(9)33/h3-7,10-13,18-19,31-32H,1-2H2,(H,34,35)(H,36,45)(H2,21,23,24)(H3,22,27,28,33)/p-1/t6?,7-,10-,11-,12-,13-,18-,19-,44?/m1/s1. The third kappa shape index (κ3) is 5.44. The number of ether oxygens (including phenoxy) is 2. The van der Waals surface area contributed by atoms with Crippen LogP contribution in [0.15, 0.2) is 23.8 Å². The van der Waals surface area contributed by atoms with Crippen molar-refractivity contribution in [3.63, 3.8) is 0 Å². The molecule has 7 heterocycles. The summed E-state index contributed by atoms with van der Waals surface area (Å²) in [4.78, 5) is 58.5. The fraction of sp³-hybridized carbons (Fsp3) is 0.500. The van der Waals surface area contributed by atoms with Crippen molar-refractivity contribution in [3.8, 4) is 0 Å². The summed E-state index contributed by atoms with van der Waals surface area (Å²) in [5, 5.41) is 22.3. The van der Waals surface area contributed by atoms with Gasteiger partial charge in [-0.1, -0.05) is 11.8 Å². The number of hydrogen-bond acceptors (Lipinski definition) is 19. The molecule has 242 valence electrons. The largest absolute Gasteiger partial charge is 0.780 e. The van der Waals surface area contributed by atoms with E-state index in [1.807, 2.05) is 0 Å². The molecule has 22 nitrogen and oxygen atoms in total. The third-order valence-electron chi connectivity index (χ3n) is 7.31. The van der Waals surface area contributed by atoms with Crippen LogP contribution in [0.5, 0.6) is 0 Å². The molecule has 0 radical (unpaired) electrons. The molecule has 0 saturated carbocycles. The van der Waals surface area contributed by atoms with Gasteiger partial charge in [0.1, 0.15) is 55.2 Å². The van der Waals surface area contributed by atoms with E-state index in [1.165, 1.54) is 17.2 Å². The quantitative estimate of drug-likeness (QED) is 0.115. The van der Waals surface area contributed by atoms with Crippen LogP contribution in [0.25, 0.3) is 22.3 Å². The number of rotatable bonds is 2. The SMILES string of the molecule is Nc1nc2c(ncn2[C@@H]2OC3COP(=O)(O)O[C@H]4[C@@H](O)[C@H](n5cnc6c(N)ncnc65)O[C@@H]4COP([O-])(=S)O[C@H]3[C@H]2O)c(=O)[nH]1. The molecule has 3 aliphatic rings. The number of aromatic nitrogens is 8. The molecular weight excluding hydrogens is 666 g/mol. The summed E-state index contributed by atoms with van der Waals surface area (Å²) in [6.07, 6.45) is -8.37. The number of aliphatic hydroxyl groups excluding tert-OH is 2. The summed E-state index contributed by atoms with van der Waals surface area (Å²) < 4.78 is 48.7. The summed E-state index contributed by atoms with van der Waals surface area (Å²) in [5.74, 6) is -0.187. The Morgan fingerprint density at radius 1 is 0.933 bits per heavy atom. The highest BCUT2D eigenvalue weighted by Gasteiger charge is 2.52. The van der Waals surface area contributed by atoms with E-state index in [-0.39, 0.29) is 34.1 Å². The Morgan fingerprint density at radius 2 is 1.53 bits per heavy atom. The van der Waals surface area contributed by atoms with E-state index in [1.54, 1.807) is 0 Å². The zero-order valence-corrected chi connectivity index (χ0v) is 25.0. The van der Waals surface area contributed by atoms with Crippen LogP contribution in [0, 0.1) is 0 Å². The first-order valence-electron chi connectivity index (χ1n) is 12.9. The molecule has 3 aliphatic heterocycles. The van der Waals surface area contributed by atoms with E-state index in [2.05, 4.69) is 29.9 Å². The highest BCUT2D eigenvalue weighted by atomic mass is 32.5. The number of fused-ring (bicyclic) bond motifs is 4. The average molecular weight is 689 g/mol. The van der Waals surface area contributed by atoms with Gasteiger partial charge in [0.25, 0.3) is 5.56 Å². The van der Waals surface area contributed by atoms with Gasteiger partial charge >= 0.3 is 7.82 Å². The zero-order valence-electron chi connectivity index (χ0n) is 22.4. The van der Waals surface area contributed by atoms with Crippen molar-refractivity contribution in [3.05, 3.63) is 29.3 Å². The second-order valence-electron chi connectivity index (χ2n) is 10.1. The fourth-order valence-electron chi connectivity index (χ4n) is 5.31. The fourth-order valence-corrected chi connectivity index (χ4v) is 7.70. The molecular formula is C20H23N10O12P2S-. The lowest BCUT2D eigenvalue weighted by Crippen LogP contribution is -2.40. The number of nitrogens with two attached hydrogens (primary N) is 2. The van der Waals surface area contributed by atoms with Crippen molar-refractivity contribution < 1.29 is 52.1 Å². The molecule has 45 heavy (non-hydrogen) atoms. The molecule has 0 aliphatic carbocycles. The van der Waals surface area contributed by atoms with Crippen molar-refractivity contribution in [1.29, 1.82) is 0 Å². The first kappa shape index (κ1) is 30.6. The average Bonchev–Trinajstić information content (AvgIpc) is 3.72. The lowest BCUT2D eigenvalue weighted by molar-refractivity contribution is -0.218. The van der Waals surface area contributed by atoms with Crippen LogP contribution < -0.4 is 21.9 Å². The Balaban J connectivity index is 1.17. The Labute approximate surface area is 254 Å². The number of phosphoric acid groups is 1. The maximum Gasteiger partial charge on any atom is 0.472 e. The number of nitrogens with zero attached hydrogens (tertiary/aromatic N) is 7. The Kier molecular flexibility index (Phi) is 7.52. The number of aromatic amines is 1. The van der Waals surface area contributed by atoms with Gasteiger partial charge in [-0.2, -0.15) is 4.98 Å². The van der Waals surface area contributed by atoms with Gasteiger partial charge in [0.15, 0.2) is 35.1 Å². The number of aliphatic hydroxyl groups is 2. The summed E-state index contributed by atoms with van der Waals surface area (Å²) in [6, 6.07) is 0. The first-order chi connectivity index (χ1) is 21.3. The molecule has 0 amide bonds. The van der Waals surface area contributed by atoms with Gasteiger partial charge < -0.3 is 50.0 Å². The van der Waals surface area contributed by atoms with E-state index in [4.69, 9.17) is 50.8 Å². The van der Waals surface area contributed by atoms with Crippen LogP contribution >= 0.6 is 14.5 Å². The summed E-state index contributed by atoms with van der Waals surface area (Å²) in [6.45, 7) is -5.91. The molecule has 25 heteroatoms. The topological polar surface area (TPSA) is 315 Å². The van der Waals surface area contributed by atoms with E-state index in [9.17, 15) is 29.4 Å². The van der Waals surface area contributed by atoms with Crippen LogP contribution in [0.4, 0.5) is 11.8 Å². The minimum absolute atomic E-state index is 0.0576. The lowest BCUT2D eigenvalue weighted by Gasteiger charge is -2.35. The summed E-state index contributed by atoms with van der Waals surface area (Å²) >= 11 is 5.07. The van der Waals surface area contributed by atoms with Crippen LogP contribution in [0.1, 0.15) is 12.5 Å². The Morgan fingerprint density at radius 3 is 2.22 bits per heavy atom. The Hall–Kier alpha value is -3.02. The van der Waals surface area contributed by atoms with Gasteiger partial charge in [-0.15, -0.1) is 0 Å². The minimum atomic E-state index is -5.01. The van der Waals surface area contributed by atoms with E-state index < -0.39 is 82.4 Å². The Bertz CT molecular complexity index is 1940. The maximum atomic E-state index is 13.3. The number of phosphoric ester groups is 1. The van der Waals surface area contributed by atoms with Crippen LogP contribution in [-0.2, 0) is 43.9 Å². The lowest BCUT2D eigenvalue weighted by atomic mass is 10.1. The van der Waals surface area contributed by atoms with Gasteiger partial charge in [-0.3, -0.25) is 28.0 Å². The van der Waals surface area contributed by atoms with Crippen molar-refractivity contribution >= 4 is 60.4 Å². The molecule has 4 aromatic heterocycles. The molecule has 0 bridgehead atoms. The first-order valence-corrected chi connectivity index (χ1v) is 17.0. The molecule has 3 fully saturated rings. The maximum absolute atomic E-state index is 13.3. The third-order valence-corrected chi connectivity index (χ3v) is 9.84. The molecule has 4 aromatic rings. The smallest absolute Gasteiger partial charge is 0.472 e. The normalized spacial score (nSPS) is 37.7. The summed E-state index contributed by atoms with van der Waals surface area (Å²) in [7, 11) is -5.01. The number of H-pyrrole nitrogens is 1. The van der Waals surface area contributed by atoms with Crippen LogP contribution in [-0.4, -0.2) is 104 Å². The highest BCUT2D eigenvalue weighted by molar-refractivity contribution is 8.06. The molecule has 7 rings (SSSR count). The second-order valence-corrected chi connectivity index (χ2v) is 14.2. The number of nitrogens with one attached hydrogen (secondary N) is 1. The number of hydrogen-bond donors (Lipinski definition) is 6. The van der Waals surface area contributed by atoms with Gasteiger partial charge in [0.05, 0.1) is 25.9 Å². The zero-order chi connectivity index (χ0) is 31.8. The summed E-state index contributed by atoms with van der Waals surface area (Å²) in [5.41, 5.74) is 11.0. The molecule has 8 N–H and O–H groups in total. The van der Waals surface area contributed by atoms with E-state index in [0.717, 1.165) is 10.9 Å². The number of nitrogen functional groups attached to an aromatic ring is 2. The monoisotopic (exact) mass is 689 g/mol. The van der Waals surface area contributed by atoms with Crippen molar-refractivity contribution in [2.24, 2.45) is 0 Å². The predicted octanol–water partition coefficient (Wildman–Crippen LogP) is -2.86. The minimum Gasteiger partial charge on any atom is -0.780 e.